The van der Waals surface area contributed by atoms with Crippen molar-refractivity contribution in [3.63, 3.8) is 0 Å². The van der Waals surface area contributed by atoms with Crippen LogP contribution >= 0.6 is 0 Å². The van der Waals surface area contributed by atoms with Crippen molar-refractivity contribution in [2.75, 3.05) is 20.5 Å². The highest BCUT2D eigenvalue weighted by Gasteiger charge is 2.03. The molecular weight excluding hydrogens is 194 g/mol. The van der Waals surface area contributed by atoms with Gasteiger partial charge in [0.1, 0.15) is 5.75 Å². The molecule has 0 heterocycles. The van der Waals surface area contributed by atoms with Crippen LogP contribution in [-0.2, 0) is 11.2 Å². The molecule has 1 unspecified atom stereocenters. The molecule has 0 spiro atoms. The van der Waals surface area contributed by atoms with Gasteiger partial charge in [-0.2, -0.15) is 0 Å². The zero-order valence-corrected chi connectivity index (χ0v) is 8.85. The quantitative estimate of drug-likeness (QED) is 0.674. The minimum Gasteiger partial charge on any atom is -0.468 e. The smallest absolute Gasteiger partial charge is 0.188 e. The fraction of sp³-hybridized carbons (Fsp3) is 0.455. The van der Waals surface area contributed by atoms with Gasteiger partial charge in [-0.1, -0.05) is 12.1 Å². The average molecular weight is 211 g/mol. The molecule has 1 aromatic carbocycles. The lowest BCUT2D eigenvalue weighted by atomic mass is 10.1. The van der Waals surface area contributed by atoms with Crippen molar-refractivity contribution in [2.45, 2.75) is 12.5 Å². The number of rotatable bonds is 6. The molecule has 84 valence electrons. The second-order valence-electron chi connectivity index (χ2n) is 3.35. The van der Waals surface area contributed by atoms with Gasteiger partial charge in [0.25, 0.3) is 0 Å². The van der Waals surface area contributed by atoms with Crippen LogP contribution in [0.4, 0.5) is 0 Å². The van der Waals surface area contributed by atoms with Crippen molar-refractivity contribution in [1.29, 1.82) is 0 Å². The Morgan fingerprint density at radius 2 is 2.27 bits per heavy atom. The Kier molecular flexibility index (Phi) is 5.10. The Bertz CT molecular complexity index is 291. The van der Waals surface area contributed by atoms with Crippen LogP contribution in [0.15, 0.2) is 24.3 Å². The first kappa shape index (κ1) is 12.0. The van der Waals surface area contributed by atoms with E-state index in [0.29, 0.717) is 6.42 Å². The van der Waals surface area contributed by atoms with E-state index in [1.165, 1.54) is 0 Å². The van der Waals surface area contributed by atoms with Gasteiger partial charge in [-0.3, -0.25) is 0 Å². The Morgan fingerprint density at radius 3 is 2.93 bits per heavy atom. The number of aliphatic hydroxyl groups excluding tert-OH is 1. The molecule has 3 N–H and O–H groups in total. The van der Waals surface area contributed by atoms with Crippen LogP contribution in [0.3, 0.4) is 0 Å². The van der Waals surface area contributed by atoms with Crippen LogP contribution in [0.2, 0.25) is 0 Å². The summed E-state index contributed by atoms with van der Waals surface area (Å²) in [6.07, 6.45) is 0.640. The van der Waals surface area contributed by atoms with Crippen LogP contribution in [0.25, 0.3) is 0 Å². The second kappa shape index (κ2) is 6.40. The number of hydrogen-bond donors (Lipinski definition) is 2. The molecule has 15 heavy (non-hydrogen) atoms. The van der Waals surface area contributed by atoms with Crippen LogP contribution in [-0.4, -0.2) is 31.7 Å². The Balaban J connectivity index is 2.57. The maximum atomic E-state index is 8.83. The van der Waals surface area contributed by atoms with Gasteiger partial charge in [0, 0.05) is 13.2 Å². The third kappa shape index (κ3) is 4.29. The van der Waals surface area contributed by atoms with Crippen molar-refractivity contribution in [2.24, 2.45) is 5.73 Å². The first-order chi connectivity index (χ1) is 7.26. The summed E-state index contributed by atoms with van der Waals surface area (Å²) >= 11 is 0. The molecule has 4 heteroatoms. The molecule has 0 saturated heterocycles. The van der Waals surface area contributed by atoms with Crippen molar-refractivity contribution in [3.8, 4) is 5.75 Å². The number of aliphatic hydroxyl groups is 1. The molecule has 0 amide bonds. The van der Waals surface area contributed by atoms with Gasteiger partial charge in [-0.05, 0) is 24.1 Å². The van der Waals surface area contributed by atoms with E-state index < -0.39 is 0 Å². The molecule has 4 nitrogen and oxygen atoms in total. The van der Waals surface area contributed by atoms with Crippen LogP contribution < -0.4 is 10.5 Å². The molecule has 0 aliphatic carbocycles. The molecule has 0 radical (unpaired) electrons. The Morgan fingerprint density at radius 1 is 1.47 bits per heavy atom. The standard InChI is InChI=1S/C11H17NO3/c1-14-8-15-11-4-2-3-9(6-11)5-10(12)7-13/h2-4,6,10,13H,5,7-8,12H2,1H3. The van der Waals surface area contributed by atoms with Gasteiger partial charge in [0.2, 0.25) is 0 Å². The van der Waals surface area contributed by atoms with Crippen molar-refractivity contribution in [1.82, 2.24) is 0 Å². The number of benzene rings is 1. The third-order valence-electron chi connectivity index (χ3n) is 1.97. The summed E-state index contributed by atoms with van der Waals surface area (Å²) < 4.78 is 10.1. The molecule has 0 fully saturated rings. The van der Waals surface area contributed by atoms with Gasteiger partial charge in [-0.15, -0.1) is 0 Å². The van der Waals surface area contributed by atoms with Gasteiger partial charge < -0.3 is 20.3 Å². The van der Waals surface area contributed by atoms with E-state index in [9.17, 15) is 0 Å². The summed E-state index contributed by atoms with van der Waals surface area (Å²) in [7, 11) is 1.57. The molecule has 1 atom stereocenters. The molecule has 0 aliphatic rings. The van der Waals surface area contributed by atoms with Crippen LogP contribution in [0, 0.1) is 0 Å². The Labute approximate surface area is 89.6 Å². The summed E-state index contributed by atoms with van der Waals surface area (Å²) in [4.78, 5) is 0. The summed E-state index contributed by atoms with van der Waals surface area (Å²) in [5, 5.41) is 8.83. The fourth-order valence-corrected chi connectivity index (χ4v) is 1.26. The van der Waals surface area contributed by atoms with Crippen molar-refractivity contribution < 1.29 is 14.6 Å². The van der Waals surface area contributed by atoms with Gasteiger partial charge >= 0.3 is 0 Å². The highest BCUT2D eigenvalue weighted by Crippen LogP contribution is 2.14. The first-order valence-corrected chi connectivity index (χ1v) is 4.83. The van der Waals surface area contributed by atoms with E-state index >= 15 is 0 Å². The van der Waals surface area contributed by atoms with E-state index in [1.54, 1.807) is 7.11 Å². The molecule has 0 bridgehead atoms. The van der Waals surface area contributed by atoms with E-state index in [1.807, 2.05) is 24.3 Å². The zero-order chi connectivity index (χ0) is 11.1. The highest BCUT2D eigenvalue weighted by atomic mass is 16.7. The summed E-state index contributed by atoms with van der Waals surface area (Å²) in [6.45, 7) is 0.221. The normalized spacial score (nSPS) is 12.5. The minimum atomic E-state index is -0.220. The van der Waals surface area contributed by atoms with E-state index in [-0.39, 0.29) is 19.4 Å². The predicted molar refractivity (Wildman–Crippen MR) is 57.7 cm³/mol. The maximum Gasteiger partial charge on any atom is 0.188 e. The molecule has 1 aromatic rings. The SMILES string of the molecule is COCOc1cccc(CC(N)CO)c1. The number of hydrogen-bond acceptors (Lipinski definition) is 4. The van der Waals surface area contributed by atoms with Gasteiger partial charge in [0.15, 0.2) is 6.79 Å². The Hall–Kier alpha value is -1.10. The molecular formula is C11H17NO3. The second-order valence-corrected chi connectivity index (χ2v) is 3.35. The van der Waals surface area contributed by atoms with Gasteiger partial charge in [-0.25, -0.2) is 0 Å². The lowest BCUT2D eigenvalue weighted by Gasteiger charge is -2.10. The summed E-state index contributed by atoms with van der Waals surface area (Å²) in [5.41, 5.74) is 6.69. The van der Waals surface area contributed by atoms with Gasteiger partial charge in [0.05, 0.1) is 6.61 Å². The van der Waals surface area contributed by atoms with E-state index in [0.717, 1.165) is 11.3 Å². The average Bonchev–Trinajstić information content (AvgIpc) is 2.26. The highest BCUT2D eigenvalue weighted by molar-refractivity contribution is 5.28. The van der Waals surface area contributed by atoms with E-state index in [2.05, 4.69) is 0 Å². The molecule has 1 rings (SSSR count). The monoisotopic (exact) mass is 211 g/mol. The minimum absolute atomic E-state index is 0.0108. The largest absolute Gasteiger partial charge is 0.468 e. The fourth-order valence-electron chi connectivity index (χ4n) is 1.26. The summed E-state index contributed by atoms with van der Waals surface area (Å²) in [5.74, 6) is 0.750. The van der Waals surface area contributed by atoms with Crippen molar-refractivity contribution >= 4 is 0 Å². The zero-order valence-electron chi connectivity index (χ0n) is 8.85. The number of nitrogens with two attached hydrogens (primary N) is 1. The third-order valence-corrected chi connectivity index (χ3v) is 1.97. The van der Waals surface area contributed by atoms with E-state index in [4.69, 9.17) is 20.3 Å². The molecule has 0 saturated carbocycles. The van der Waals surface area contributed by atoms with Crippen LogP contribution in [0.5, 0.6) is 5.75 Å². The first-order valence-electron chi connectivity index (χ1n) is 4.83. The molecule has 0 aromatic heterocycles. The van der Waals surface area contributed by atoms with Crippen molar-refractivity contribution in [3.05, 3.63) is 29.8 Å². The maximum absolute atomic E-state index is 8.83. The predicted octanol–water partition coefficient (Wildman–Crippen LogP) is 0.531. The van der Waals surface area contributed by atoms with Crippen LogP contribution in [0.1, 0.15) is 5.56 Å². The number of ether oxygens (including phenoxy) is 2. The summed E-state index contributed by atoms with van der Waals surface area (Å²) in [6, 6.07) is 7.38. The topological polar surface area (TPSA) is 64.7 Å². The molecule has 0 aliphatic heterocycles. The lowest BCUT2D eigenvalue weighted by molar-refractivity contribution is 0.0511. The lowest BCUT2D eigenvalue weighted by Crippen LogP contribution is -2.26. The number of methoxy groups -OCH3 is 1.